The Hall–Kier alpha value is -2.54. The van der Waals surface area contributed by atoms with Gasteiger partial charge in [-0.25, -0.2) is 14.4 Å². The minimum atomic E-state index is -0.283. The van der Waals surface area contributed by atoms with Gasteiger partial charge in [0.1, 0.15) is 11.5 Å². The average molecular weight is 332 g/mol. The van der Waals surface area contributed by atoms with Crippen molar-refractivity contribution in [2.24, 2.45) is 0 Å². The number of nitrogens with zero attached hydrogens (tertiary/aromatic N) is 2. The zero-order valence-corrected chi connectivity index (χ0v) is 13.8. The fraction of sp³-hybridized carbons (Fsp3) is 0.353. The van der Waals surface area contributed by atoms with Crippen molar-refractivity contribution in [3.8, 4) is 0 Å². The van der Waals surface area contributed by atoms with Gasteiger partial charge in [-0.15, -0.1) is 0 Å². The Balaban J connectivity index is 1.95. The number of aryl methyl sites for hydroxylation is 1. The summed E-state index contributed by atoms with van der Waals surface area (Å²) >= 11 is 0. The van der Waals surface area contributed by atoms with Gasteiger partial charge in [0.25, 0.3) is 5.91 Å². The number of rotatable bonds is 8. The van der Waals surface area contributed by atoms with E-state index in [0.717, 1.165) is 0 Å². The maximum atomic E-state index is 13.6. The largest absolute Gasteiger partial charge is 0.383 e. The van der Waals surface area contributed by atoms with E-state index in [1.165, 1.54) is 6.07 Å². The van der Waals surface area contributed by atoms with E-state index in [1.807, 2.05) is 0 Å². The lowest BCUT2D eigenvalue weighted by atomic mass is 10.1. The zero-order valence-electron chi connectivity index (χ0n) is 13.8. The van der Waals surface area contributed by atoms with Crippen LogP contribution >= 0.6 is 0 Å². The molecular weight excluding hydrogens is 311 g/mol. The molecule has 2 rings (SSSR count). The first-order valence-electron chi connectivity index (χ1n) is 7.70. The highest BCUT2D eigenvalue weighted by Crippen LogP contribution is 2.09. The van der Waals surface area contributed by atoms with Crippen LogP contribution in [0.3, 0.4) is 0 Å². The Morgan fingerprint density at radius 2 is 2.04 bits per heavy atom. The monoisotopic (exact) mass is 332 g/mol. The van der Waals surface area contributed by atoms with Gasteiger partial charge in [0, 0.05) is 25.9 Å². The highest BCUT2D eigenvalue weighted by molar-refractivity contribution is 5.92. The second kappa shape index (κ2) is 8.93. The first-order chi connectivity index (χ1) is 11.6. The summed E-state index contributed by atoms with van der Waals surface area (Å²) in [6.45, 7) is 3.10. The summed E-state index contributed by atoms with van der Waals surface area (Å²) in [4.78, 5) is 20.5. The Morgan fingerprint density at radius 1 is 1.25 bits per heavy atom. The van der Waals surface area contributed by atoms with E-state index < -0.39 is 0 Å². The van der Waals surface area contributed by atoms with Gasteiger partial charge in [0.15, 0.2) is 0 Å². The standard InChI is InChI=1S/C17H21FN4O2/c1-12-11-15(16(23)19-9-10-24-2)22-17(21-12)20-8-7-13-5-3-4-6-14(13)18/h3-6,11H,7-10H2,1-2H3,(H,19,23)(H,20,21,22). The number of halogens is 1. The van der Waals surface area contributed by atoms with Crippen molar-refractivity contribution in [2.45, 2.75) is 13.3 Å². The normalized spacial score (nSPS) is 10.5. The van der Waals surface area contributed by atoms with E-state index >= 15 is 0 Å². The predicted molar refractivity (Wildman–Crippen MR) is 89.6 cm³/mol. The van der Waals surface area contributed by atoms with E-state index in [0.29, 0.717) is 43.3 Å². The van der Waals surface area contributed by atoms with Crippen molar-refractivity contribution < 1.29 is 13.9 Å². The van der Waals surface area contributed by atoms with E-state index in [9.17, 15) is 9.18 Å². The Labute approximate surface area is 140 Å². The van der Waals surface area contributed by atoms with Crippen LogP contribution in [0.4, 0.5) is 10.3 Å². The molecule has 2 N–H and O–H groups in total. The summed E-state index contributed by atoms with van der Waals surface area (Å²) in [5.41, 5.74) is 1.58. The molecule has 128 valence electrons. The maximum absolute atomic E-state index is 13.6. The fourth-order valence-electron chi connectivity index (χ4n) is 2.13. The van der Waals surface area contributed by atoms with Gasteiger partial charge in [-0.05, 0) is 31.0 Å². The number of amides is 1. The number of benzene rings is 1. The third-order valence-electron chi connectivity index (χ3n) is 3.31. The quantitative estimate of drug-likeness (QED) is 0.723. The van der Waals surface area contributed by atoms with E-state index in [-0.39, 0.29) is 17.4 Å². The zero-order chi connectivity index (χ0) is 17.4. The maximum Gasteiger partial charge on any atom is 0.270 e. The molecule has 0 bridgehead atoms. The molecule has 24 heavy (non-hydrogen) atoms. The lowest BCUT2D eigenvalue weighted by molar-refractivity contribution is 0.0932. The lowest BCUT2D eigenvalue weighted by Crippen LogP contribution is -2.28. The van der Waals surface area contributed by atoms with Gasteiger partial charge in [-0.2, -0.15) is 0 Å². The molecule has 0 aliphatic rings. The van der Waals surface area contributed by atoms with Gasteiger partial charge >= 0.3 is 0 Å². The first-order valence-corrected chi connectivity index (χ1v) is 7.70. The fourth-order valence-corrected chi connectivity index (χ4v) is 2.13. The SMILES string of the molecule is COCCNC(=O)c1cc(C)nc(NCCc2ccccc2F)n1. The average Bonchev–Trinajstić information content (AvgIpc) is 2.56. The molecule has 0 radical (unpaired) electrons. The molecule has 0 atom stereocenters. The molecule has 1 amide bonds. The van der Waals surface area contributed by atoms with Crippen molar-refractivity contribution >= 4 is 11.9 Å². The summed E-state index contributed by atoms with van der Waals surface area (Å²) in [5.74, 6) is -0.166. The summed E-state index contributed by atoms with van der Waals surface area (Å²) in [6, 6.07) is 8.24. The van der Waals surface area contributed by atoms with Crippen LogP contribution in [0.15, 0.2) is 30.3 Å². The lowest BCUT2D eigenvalue weighted by Gasteiger charge is -2.09. The molecular formula is C17H21FN4O2. The van der Waals surface area contributed by atoms with Crippen LogP contribution in [0.2, 0.25) is 0 Å². The minimum Gasteiger partial charge on any atom is -0.383 e. The van der Waals surface area contributed by atoms with Gasteiger partial charge < -0.3 is 15.4 Å². The first kappa shape index (κ1) is 17.8. The van der Waals surface area contributed by atoms with Crippen LogP contribution in [0.1, 0.15) is 21.7 Å². The predicted octanol–water partition coefficient (Wildman–Crippen LogP) is 1.95. The highest BCUT2D eigenvalue weighted by Gasteiger charge is 2.10. The molecule has 0 aliphatic heterocycles. The van der Waals surface area contributed by atoms with Crippen molar-refractivity contribution in [3.63, 3.8) is 0 Å². The third kappa shape index (κ3) is 5.27. The number of carbonyl (C=O) groups excluding carboxylic acids is 1. The number of methoxy groups -OCH3 is 1. The van der Waals surface area contributed by atoms with Crippen LogP contribution in [-0.4, -0.2) is 42.7 Å². The van der Waals surface area contributed by atoms with Gasteiger partial charge in [0.2, 0.25) is 5.95 Å². The molecule has 6 nitrogen and oxygen atoms in total. The number of hydrogen-bond acceptors (Lipinski definition) is 5. The van der Waals surface area contributed by atoms with Crippen molar-refractivity contribution in [2.75, 3.05) is 32.1 Å². The summed E-state index contributed by atoms with van der Waals surface area (Å²) in [7, 11) is 1.57. The van der Waals surface area contributed by atoms with Crippen LogP contribution < -0.4 is 10.6 Å². The van der Waals surface area contributed by atoms with Crippen molar-refractivity contribution in [3.05, 3.63) is 53.1 Å². The Morgan fingerprint density at radius 3 is 2.79 bits per heavy atom. The number of nitrogens with one attached hydrogen (secondary N) is 2. The second-order valence-electron chi connectivity index (χ2n) is 5.24. The molecule has 1 heterocycles. The molecule has 0 saturated carbocycles. The van der Waals surface area contributed by atoms with Crippen LogP contribution in [0.5, 0.6) is 0 Å². The molecule has 1 aromatic heterocycles. The molecule has 0 aliphatic carbocycles. The highest BCUT2D eigenvalue weighted by atomic mass is 19.1. The Bertz CT molecular complexity index is 694. The van der Waals surface area contributed by atoms with Crippen molar-refractivity contribution in [1.29, 1.82) is 0 Å². The summed E-state index contributed by atoms with van der Waals surface area (Å²) in [6.07, 6.45) is 0.499. The minimum absolute atomic E-state index is 0.234. The van der Waals surface area contributed by atoms with E-state index in [1.54, 1.807) is 38.3 Å². The molecule has 2 aromatic rings. The van der Waals surface area contributed by atoms with E-state index in [2.05, 4.69) is 20.6 Å². The molecule has 7 heteroatoms. The molecule has 1 aromatic carbocycles. The molecule has 0 spiro atoms. The number of aromatic nitrogens is 2. The van der Waals surface area contributed by atoms with E-state index in [4.69, 9.17) is 4.74 Å². The van der Waals surface area contributed by atoms with Crippen LogP contribution in [-0.2, 0) is 11.2 Å². The van der Waals surface area contributed by atoms with Crippen LogP contribution in [0.25, 0.3) is 0 Å². The Kier molecular flexibility index (Phi) is 6.62. The van der Waals surface area contributed by atoms with Crippen LogP contribution in [0, 0.1) is 12.7 Å². The van der Waals surface area contributed by atoms with Gasteiger partial charge in [0.05, 0.1) is 6.61 Å². The molecule has 0 saturated heterocycles. The number of anilines is 1. The molecule has 0 unspecified atom stereocenters. The number of hydrogen-bond donors (Lipinski definition) is 2. The smallest absolute Gasteiger partial charge is 0.270 e. The second-order valence-corrected chi connectivity index (χ2v) is 5.24. The van der Waals surface area contributed by atoms with Crippen molar-refractivity contribution in [1.82, 2.24) is 15.3 Å². The number of carbonyl (C=O) groups is 1. The summed E-state index contributed by atoms with van der Waals surface area (Å²) < 4.78 is 18.5. The van der Waals surface area contributed by atoms with Gasteiger partial charge in [-0.1, -0.05) is 18.2 Å². The topological polar surface area (TPSA) is 76.1 Å². The number of ether oxygens (including phenoxy) is 1. The third-order valence-corrected chi connectivity index (χ3v) is 3.31. The molecule has 0 fully saturated rings. The summed E-state index contributed by atoms with van der Waals surface area (Å²) in [5, 5.41) is 5.74. The van der Waals surface area contributed by atoms with Gasteiger partial charge in [-0.3, -0.25) is 4.79 Å².